The molecule has 0 spiro atoms. The van der Waals surface area contributed by atoms with Gasteiger partial charge >= 0.3 is 0 Å². The molecule has 2 nitrogen and oxygen atoms in total. The fourth-order valence-corrected chi connectivity index (χ4v) is 2.67. The van der Waals surface area contributed by atoms with Crippen LogP contribution in [0.5, 0.6) is 5.75 Å². The molecule has 0 saturated carbocycles. The second-order valence-electron chi connectivity index (χ2n) is 4.31. The van der Waals surface area contributed by atoms with Crippen LogP contribution in [0.25, 0.3) is 0 Å². The van der Waals surface area contributed by atoms with E-state index in [0.29, 0.717) is 6.54 Å². The number of hydrogen-bond donors (Lipinski definition) is 1. The SMILES string of the molecule is COc1ccc(CNc2ccc(C)cc2Cl)cc1Br. The van der Waals surface area contributed by atoms with Crippen LogP contribution >= 0.6 is 27.5 Å². The number of aryl methyl sites for hydroxylation is 1. The molecule has 0 aromatic heterocycles. The highest BCUT2D eigenvalue weighted by molar-refractivity contribution is 9.10. The summed E-state index contributed by atoms with van der Waals surface area (Å²) >= 11 is 9.66. The fourth-order valence-electron chi connectivity index (χ4n) is 1.78. The van der Waals surface area contributed by atoms with Gasteiger partial charge in [0.15, 0.2) is 0 Å². The van der Waals surface area contributed by atoms with Gasteiger partial charge in [-0.2, -0.15) is 0 Å². The molecule has 0 aliphatic rings. The summed E-state index contributed by atoms with van der Waals surface area (Å²) in [6.45, 7) is 2.74. The maximum atomic E-state index is 6.18. The molecule has 0 fully saturated rings. The molecular weight excluding hydrogens is 326 g/mol. The van der Waals surface area contributed by atoms with Gasteiger partial charge in [-0.15, -0.1) is 0 Å². The maximum Gasteiger partial charge on any atom is 0.133 e. The molecule has 19 heavy (non-hydrogen) atoms. The number of halogens is 2. The van der Waals surface area contributed by atoms with Crippen LogP contribution in [0, 0.1) is 6.92 Å². The second kappa shape index (κ2) is 6.31. The zero-order chi connectivity index (χ0) is 13.8. The van der Waals surface area contributed by atoms with E-state index in [-0.39, 0.29) is 0 Å². The van der Waals surface area contributed by atoms with Gasteiger partial charge in [0.05, 0.1) is 22.3 Å². The Balaban J connectivity index is 2.08. The normalized spacial score (nSPS) is 10.3. The van der Waals surface area contributed by atoms with Gasteiger partial charge in [-0.3, -0.25) is 0 Å². The molecule has 4 heteroatoms. The van der Waals surface area contributed by atoms with Crippen molar-refractivity contribution in [2.24, 2.45) is 0 Å². The van der Waals surface area contributed by atoms with Crippen molar-refractivity contribution in [3.05, 3.63) is 57.0 Å². The number of hydrogen-bond acceptors (Lipinski definition) is 2. The number of benzene rings is 2. The standard InChI is InChI=1S/C15H15BrClNO/c1-10-3-5-14(13(17)7-10)18-9-11-4-6-15(19-2)12(16)8-11/h3-8,18H,9H2,1-2H3. The highest BCUT2D eigenvalue weighted by atomic mass is 79.9. The van der Waals surface area contributed by atoms with Crippen molar-refractivity contribution in [1.29, 1.82) is 0 Å². The number of ether oxygens (including phenoxy) is 1. The Labute approximate surface area is 126 Å². The van der Waals surface area contributed by atoms with Gasteiger partial charge in [-0.1, -0.05) is 23.7 Å². The lowest BCUT2D eigenvalue weighted by Crippen LogP contribution is -2.00. The van der Waals surface area contributed by atoms with Crippen LogP contribution in [0.3, 0.4) is 0 Å². The number of methoxy groups -OCH3 is 1. The summed E-state index contributed by atoms with van der Waals surface area (Å²) < 4.78 is 6.16. The van der Waals surface area contributed by atoms with Crippen molar-refractivity contribution in [2.75, 3.05) is 12.4 Å². The first-order valence-corrected chi connectivity index (χ1v) is 7.09. The lowest BCUT2D eigenvalue weighted by atomic mass is 10.2. The van der Waals surface area contributed by atoms with Crippen LogP contribution in [0.1, 0.15) is 11.1 Å². The van der Waals surface area contributed by atoms with Crippen LogP contribution in [0.2, 0.25) is 5.02 Å². The fraction of sp³-hybridized carbons (Fsp3) is 0.200. The topological polar surface area (TPSA) is 21.3 Å². The molecule has 0 aliphatic heterocycles. The van der Waals surface area contributed by atoms with E-state index in [9.17, 15) is 0 Å². The third kappa shape index (κ3) is 3.64. The van der Waals surface area contributed by atoms with Gasteiger partial charge in [-0.25, -0.2) is 0 Å². The summed E-state index contributed by atoms with van der Waals surface area (Å²) in [5.41, 5.74) is 3.26. The largest absolute Gasteiger partial charge is 0.496 e. The highest BCUT2D eigenvalue weighted by Crippen LogP contribution is 2.27. The molecule has 100 valence electrons. The lowest BCUT2D eigenvalue weighted by molar-refractivity contribution is 0.412. The van der Waals surface area contributed by atoms with E-state index in [1.165, 1.54) is 0 Å². The Morgan fingerprint density at radius 3 is 2.63 bits per heavy atom. The van der Waals surface area contributed by atoms with Crippen molar-refractivity contribution in [2.45, 2.75) is 13.5 Å². The summed E-state index contributed by atoms with van der Waals surface area (Å²) in [5.74, 6) is 0.831. The van der Waals surface area contributed by atoms with E-state index >= 15 is 0 Å². The maximum absolute atomic E-state index is 6.18. The lowest BCUT2D eigenvalue weighted by Gasteiger charge is -2.10. The van der Waals surface area contributed by atoms with E-state index in [1.807, 2.05) is 43.3 Å². The molecular formula is C15H15BrClNO. The molecule has 2 aromatic rings. The molecule has 1 N–H and O–H groups in total. The second-order valence-corrected chi connectivity index (χ2v) is 5.57. The van der Waals surface area contributed by atoms with E-state index in [2.05, 4.69) is 21.2 Å². The third-order valence-electron chi connectivity index (χ3n) is 2.82. The van der Waals surface area contributed by atoms with Crippen LogP contribution in [-0.2, 0) is 6.54 Å². The van der Waals surface area contributed by atoms with Crippen LogP contribution in [0.15, 0.2) is 40.9 Å². The van der Waals surface area contributed by atoms with Crippen molar-refractivity contribution < 1.29 is 4.74 Å². The van der Waals surface area contributed by atoms with Gasteiger partial charge < -0.3 is 10.1 Å². The molecule has 0 bridgehead atoms. The first-order chi connectivity index (χ1) is 9.10. The zero-order valence-corrected chi connectivity index (χ0v) is 13.2. The van der Waals surface area contributed by atoms with Gasteiger partial charge in [0.2, 0.25) is 0 Å². The first-order valence-electron chi connectivity index (χ1n) is 5.92. The predicted octanol–water partition coefficient (Wildman–Crippen LogP) is 5.03. The monoisotopic (exact) mass is 339 g/mol. The minimum Gasteiger partial charge on any atom is -0.496 e. The van der Waals surface area contributed by atoms with Crippen molar-refractivity contribution >= 4 is 33.2 Å². The molecule has 0 amide bonds. The summed E-state index contributed by atoms with van der Waals surface area (Å²) in [4.78, 5) is 0. The van der Waals surface area contributed by atoms with Crippen molar-refractivity contribution in [1.82, 2.24) is 0 Å². The first kappa shape index (κ1) is 14.2. The van der Waals surface area contributed by atoms with E-state index < -0.39 is 0 Å². The van der Waals surface area contributed by atoms with Gasteiger partial charge in [0.25, 0.3) is 0 Å². The molecule has 2 rings (SSSR count). The van der Waals surface area contributed by atoms with Gasteiger partial charge in [0, 0.05) is 6.54 Å². The minimum atomic E-state index is 0.714. The molecule has 2 aromatic carbocycles. The smallest absolute Gasteiger partial charge is 0.133 e. The van der Waals surface area contributed by atoms with E-state index in [1.54, 1.807) is 7.11 Å². The van der Waals surface area contributed by atoms with E-state index in [4.69, 9.17) is 16.3 Å². The average molecular weight is 341 g/mol. The number of anilines is 1. The van der Waals surface area contributed by atoms with Crippen molar-refractivity contribution in [3.63, 3.8) is 0 Å². The molecule has 0 saturated heterocycles. The average Bonchev–Trinajstić information content (AvgIpc) is 2.38. The summed E-state index contributed by atoms with van der Waals surface area (Å²) in [7, 11) is 1.66. The predicted molar refractivity (Wildman–Crippen MR) is 84.2 cm³/mol. The Morgan fingerprint density at radius 2 is 2.00 bits per heavy atom. The summed E-state index contributed by atoms with van der Waals surface area (Å²) in [5, 5.41) is 4.07. The Bertz CT molecular complexity index is 586. The minimum absolute atomic E-state index is 0.714. The molecule has 0 atom stereocenters. The Hall–Kier alpha value is -1.19. The number of rotatable bonds is 4. The van der Waals surface area contributed by atoms with Gasteiger partial charge in [-0.05, 0) is 58.2 Å². The summed E-state index contributed by atoms with van der Waals surface area (Å²) in [6, 6.07) is 12.0. The Morgan fingerprint density at radius 1 is 1.21 bits per heavy atom. The molecule has 0 unspecified atom stereocenters. The molecule has 0 heterocycles. The highest BCUT2D eigenvalue weighted by Gasteiger charge is 2.03. The third-order valence-corrected chi connectivity index (χ3v) is 3.76. The zero-order valence-electron chi connectivity index (χ0n) is 10.8. The van der Waals surface area contributed by atoms with Crippen LogP contribution in [-0.4, -0.2) is 7.11 Å². The number of nitrogens with one attached hydrogen (secondary N) is 1. The summed E-state index contributed by atoms with van der Waals surface area (Å²) in [6.07, 6.45) is 0. The molecule has 0 radical (unpaired) electrons. The van der Waals surface area contributed by atoms with Gasteiger partial charge in [0.1, 0.15) is 5.75 Å². The Kier molecular flexibility index (Phi) is 4.72. The van der Waals surface area contributed by atoms with E-state index in [0.717, 1.165) is 32.1 Å². The van der Waals surface area contributed by atoms with Crippen LogP contribution in [0.4, 0.5) is 5.69 Å². The van der Waals surface area contributed by atoms with Crippen molar-refractivity contribution in [3.8, 4) is 5.75 Å². The molecule has 0 aliphatic carbocycles. The van der Waals surface area contributed by atoms with Crippen LogP contribution < -0.4 is 10.1 Å². The quantitative estimate of drug-likeness (QED) is 0.842.